The van der Waals surface area contributed by atoms with Crippen molar-refractivity contribution in [3.8, 4) is 11.3 Å². The lowest BCUT2D eigenvalue weighted by molar-refractivity contribution is 0.102. The lowest BCUT2D eigenvalue weighted by atomic mass is 10.1. The van der Waals surface area contributed by atoms with Crippen LogP contribution < -0.4 is 10.6 Å². The van der Waals surface area contributed by atoms with Crippen molar-refractivity contribution in [1.29, 1.82) is 0 Å². The van der Waals surface area contributed by atoms with Gasteiger partial charge in [-0.15, -0.1) is 0 Å². The summed E-state index contributed by atoms with van der Waals surface area (Å²) in [7, 11) is -3.55. The number of anilines is 2. The standard InChI is InChI=1S/C23H24N4O5S2/c1-2-32-23(29)26-22-24-19(16-8-4-3-5-9-16)21(33-22)25-20(28)17-10-12-18(13-11-17)34(30,31)27-14-6-7-15-27/h3-5,8-13H,2,6-7,14-15H2,1H3,(H,25,28)(H,24,26,29). The van der Waals surface area contributed by atoms with Crippen LogP contribution in [0.3, 0.4) is 0 Å². The molecular formula is C23H24N4O5S2. The first kappa shape index (κ1) is 23.9. The van der Waals surface area contributed by atoms with Crippen LogP contribution in [0.5, 0.6) is 0 Å². The summed E-state index contributed by atoms with van der Waals surface area (Å²) in [6.45, 7) is 2.95. The number of carbonyl (C=O) groups is 2. The maximum atomic E-state index is 12.9. The molecule has 1 aliphatic heterocycles. The van der Waals surface area contributed by atoms with E-state index in [1.165, 1.54) is 28.6 Å². The van der Waals surface area contributed by atoms with Crippen LogP contribution in [0.25, 0.3) is 11.3 Å². The van der Waals surface area contributed by atoms with E-state index in [2.05, 4.69) is 15.6 Å². The number of hydrogen-bond donors (Lipinski definition) is 2. The van der Waals surface area contributed by atoms with Gasteiger partial charge in [-0.2, -0.15) is 4.31 Å². The van der Waals surface area contributed by atoms with E-state index in [0.717, 1.165) is 29.7 Å². The average Bonchev–Trinajstić information content (AvgIpc) is 3.51. The van der Waals surface area contributed by atoms with Crippen molar-refractivity contribution in [3.05, 3.63) is 60.2 Å². The number of sulfonamides is 1. The van der Waals surface area contributed by atoms with Crippen LogP contribution in [0, 0.1) is 0 Å². The van der Waals surface area contributed by atoms with Gasteiger partial charge in [-0.1, -0.05) is 41.7 Å². The van der Waals surface area contributed by atoms with E-state index >= 15 is 0 Å². The smallest absolute Gasteiger partial charge is 0.413 e. The van der Waals surface area contributed by atoms with Crippen LogP contribution in [-0.2, 0) is 14.8 Å². The van der Waals surface area contributed by atoms with Crippen LogP contribution in [0.2, 0.25) is 0 Å². The van der Waals surface area contributed by atoms with E-state index in [9.17, 15) is 18.0 Å². The number of benzene rings is 2. The Kier molecular flexibility index (Phi) is 7.25. The minimum atomic E-state index is -3.55. The van der Waals surface area contributed by atoms with Crippen LogP contribution >= 0.6 is 11.3 Å². The number of carbonyl (C=O) groups excluding carboxylic acids is 2. The Morgan fingerprint density at radius 1 is 1.03 bits per heavy atom. The molecule has 0 unspecified atom stereocenters. The predicted octanol–water partition coefficient (Wildman–Crippen LogP) is 4.42. The van der Waals surface area contributed by atoms with E-state index in [1.807, 2.05) is 30.3 Å². The highest BCUT2D eigenvalue weighted by atomic mass is 32.2. The number of ether oxygens (including phenoxy) is 1. The normalized spacial score (nSPS) is 14.0. The van der Waals surface area contributed by atoms with Gasteiger partial charge in [0.1, 0.15) is 10.7 Å². The molecule has 11 heteroatoms. The molecule has 1 fully saturated rings. The summed E-state index contributed by atoms with van der Waals surface area (Å²) >= 11 is 1.10. The fourth-order valence-electron chi connectivity index (χ4n) is 3.54. The fraction of sp³-hybridized carbons (Fsp3) is 0.261. The number of amides is 2. The molecule has 3 aromatic rings. The van der Waals surface area contributed by atoms with Crippen molar-refractivity contribution >= 4 is 43.5 Å². The van der Waals surface area contributed by atoms with Crippen LogP contribution in [-0.4, -0.2) is 49.4 Å². The lowest BCUT2D eigenvalue weighted by Gasteiger charge is -2.15. The molecule has 0 aliphatic carbocycles. The molecule has 2 aromatic carbocycles. The molecule has 2 amide bonds. The molecule has 34 heavy (non-hydrogen) atoms. The van der Waals surface area contributed by atoms with Gasteiger partial charge >= 0.3 is 6.09 Å². The molecule has 0 saturated carbocycles. The minimum absolute atomic E-state index is 0.162. The first-order valence-electron chi connectivity index (χ1n) is 10.8. The molecule has 4 rings (SSSR count). The SMILES string of the molecule is CCOC(=O)Nc1nc(-c2ccccc2)c(NC(=O)c2ccc(S(=O)(=O)N3CCCC3)cc2)s1. The van der Waals surface area contributed by atoms with Gasteiger partial charge in [-0.05, 0) is 44.0 Å². The third kappa shape index (κ3) is 5.27. The zero-order chi connectivity index (χ0) is 24.1. The topological polar surface area (TPSA) is 118 Å². The van der Waals surface area contributed by atoms with Crippen molar-refractivity contribution in [3.63, 3.8) is 0 Å². The van der Waals surface area contributed by atoms with Gasteiger partial charge in [-0.3, -0.25) is 10.1 Å². The maximum Gasteiger partial charge on any atom is 0.413 e. The van der Waals surface area contributed by atoms with E-state index in [4.69, 9.17) is 4.74 Å². The molecule has 9 nitrogen and oxygen atoms in total. The Morgan fingerprint density at radius 3 is 2.35 bits per heavy atom. The van der Waals surface area contributed by atoms with Crippen LogP contribution in [0.1, 0.15) is 30.1 Å². The molecule has 1 aliphatic rings. The van der Waals surface area contributed by atoms with E-state index in [0.29, 0.717) is 29.3 Å². The summed E-state index contributed by atoms with van der Waals surface area (Å²) in [6, 6.07) is 15.1. The summed E-state index contributed by atoms with van der Waals surface area (Å²) in [6.07, 6.45) is 1.07. The Labute approximate surface area is 201 Å². The van der Waals surface area contributed by atoms with E-state index < -0.39 is 22.0 Å². The van der Waals surface area contributed by atoms with Crippen molar-refractivity contribution < 1.29 is 22.7 Å². The fourth-order valence-corrected chi connectivity index (χ4v) is 5.92. The van der Waals surface area contributed by atoms with Crippen molar-refractivity contribution in [2.45, 2.75) is 24.7 Å². The summed E-state index contributed by atoms with van der Waals surface area (Å²) in [5.74, 6) is -0.423. The number of nitrogens with zero attached hydrogens (tertiary/aromatic N) is 2. The average molecular weight is 501 g/mol. The number of nitrogens with one attached hydrogen (secondary N) is 2. The minimum Gasteiger partial charge on any atom is -0.450 e. The van der Waals surface area contributed by atoms with Gasteiger partial charge in [0.2, 0.25) is 10.0 Å². The molecule has 0 spiro atoms. The van der Waals surface area contributed by atoms with Crippen molar-refractivity contribution in [2.75, 3.05) is 30.3 Å². The van der Waals surface area contributed by atoms with Crippen molar-refractivity contribution in [2.24, 2.45) is 0 Å². The molecule has 1 saturated heterocycles. The highest BCUT2D eigenvalue weighted by Crippen LogP contribution is 2.36. The zero-order valence-electron chi connectivity index (χ0n) is 18.5. The second-order valence-electron chi connectivity index (χ2n) is 7.50. The molecule has 178 valence electrons. The Morgan fingerprint density at radius 2 is 1.71 bits per heavy atom. The number of thiazole rings is 1. The van der Waals surface area contributed by atoms with Crippen LogP contribution in [0.4, 0.5) is 14.9 Å². The highest BCUT2D eigenvalue weighted by Gasteiger charge is 2.27. The van der Waals surface area contributed by atoms with E-state index in [1.54, 1.807) is 6.92 Å². The van der Waals surface area contributed by atoms with Gasteiger partial charge < -0.3 is 10.1 Å². The maximum absolute atomic E-state index is 12.9. The van der Waals surface area contributed by atoms with E-state index in [-0.39, 0.29) is 16.6 Å². The molecule has 0 radical (unpaired) electrons. The molecule has 1 aromatic heterocycles. The largest absolute Gasteiger partial charge is 0.450 e. The Balaban J connectivity index is 1.56. The van der Waals surface area contributed by atoms with Gasteiger partial charge in [0.25, 0.3) is 5.91 Å². The summed E-state index contributed by atoms with van der Waals surface area (Å²) in [5.41, 5.74) is 1.56. The second-order valence-corrected chi connectivity index (χ2v) is 10.4. The number of rotatable bonds is 7. The number of aromatic nitrogens is 1. The quantitative estimate of drug-likeness (QED) is 0.496. The molecule has 2 heterocycles. The van der Waals surface area contributed by atoms with Gasteiger partial charge in [0.15, 0.2) is 5.13 Å². The van der Waals surface area contributed by atoms with Crippen LogP contribution in [0.15, 0.2) is 59.5 Å². The third-order valence-corrected chi connectivity index (χ3v) is 8.00. The Hall–Kier alpha value is -3.28. The first-order valence-corrected chi connectivity index (χ1v) is 13.1. The molecule has 0 bridgehead atoms. The lowest BCUT2D eigenvalue weighted by Crippen LogP contribution is -2.27. The predicted molar refractivity (Wildman–Crippen MR) is 131 cm³/mol. The molecular weight excluding hydrogens is 476 g/mol. The Bertz CT molecular complexity index is 1270. The summed E-state index contributed by atoms with van der Waals surface area (Å²) in [5, 5.41) is 6.11. The van der Waals surface area contributed by atoms with Gasteiger partial charge in [-0.25, -0.2) is 18.2 Å². The molecule has 2 N–H and O–H groups in total. The van der Waals surface area contributed by atoms with Gasteiger partial charge in [0, 0.05) is 24.2 Å². The van der Waals surface area contributed by atoms with Gasteiger partial charge in [0.05, 0.1) is 11.5 Å². The summed E-state index contributed by atoms with van der Waals surface area (Å²) < 4.78 is 31.8. The monoisotopic (exact) mass is 500 g/mol. The highest BCUT2D eigenvalue weighted by molar-refractivity contribution is 7.89. The summed E-state index contributed by atoms with van der Waals surface area (Å²) in [4.78, 5) is 29.4. The second kappa shape index (κ2) is 10.3. The van der Waals surface area contributed by atoms with Crippen molar-refractivity contribution in [1.82, 2.24) is 9.29 Å². The zero-order valence-corrected chi connectivity index (χ0v) is 20.1. The third-order valence-electron chi connectivity index (χ3n) is 5.21. The molecule has 0 atom stereocenters. The first-order chi connectivity index (χ1) is 16.4. The number of hydrogen-bond acceptors (Lipinski definition) is 7.